The first kappa shape index (κ1) is 82.0. The second-order valence-electron chi connectivity index (χ2n) is 2.31. The smallest absolute Gasteiger partial charge is 0.358 e. The van der Waals surface area contributed by atoms with Crippen LogP contribution in [0.2, 0.25) is 0 Å². The molecule has 0 nitrogen and oxygen atoms in total. The van der Waals surface area contributed by atoms with Gasteiger partial charge in [-0.1, -0.05) is 0 Å². The Kier molecular flexibility index (Phi) is 790. The summed E-state index contributed by atoms with van der Waals surface area (Å²) in [6, 6.07) is 0. The predicted octanol–water partition coefficient (Wildman–Crippen LogP) is 5.50. The van der Waals surface area contributed by atoms with E-state index in [0.29, 0.717) is 0 Å². The number of rotatable bonds is 0. The van der Waals surface area contributed by atoms with E-state index in [2.05, 4.69) is 9.81 Å². The summed E-state index contributed by atoms with van der Waals surface area (Å²) in [6.45, 7) is 16.0. The van der Waals surface area contributed by atoms with Crippen LogP contribution in [-0.2, 0) is 141 Å². The zero-order valence-electron chi connectivity index (χ0n) is 16.3. The Bertz CT molecular complexity index is 49.1. The van der Waals surface area contributed by atoms with Gasteiger partial charge in [-0.3, -0.25) is 0 Å². The molecule has 0 unspecified atom stereocenters. The summed E-state index contributed by atoms with van der Waals surface area (Å²) < 4.78 is 0. The van der Waals surface area contributed by atoms with Crippen LogP contribution in [0.4, 0.5) is 0 Å². The molecule has 6 heteroatoms. The van der Waals surface area contributed by atoms with Gasteiger partial charge >= 0.3 is 85.6 Å². The minimum atomic E-state index is 0. The summed E-state index contributed by atoms with van der Waals surface area (Å²) >= 11 is 2.17. The van der Waals surface area contributed by atoms with Gasteiger partial charge in [0.05, 0.1) is 0 Å². The Morgan fingerprint density at radius 1 is 0.455 bits per heavy atom. The zero-order valence-corrected chi connectivity index (χ0v) is 30.7. The second-order valence-corrected chi connectivity index (χ2v) is 2.31. The van der Waals surface area contributed by atoms with Crippen molar-refractivity contribution in [2.75, 3.05) is 0 Å². The minimum Gasteiger partial charge on any atom is -0.358 e. The standard InChI is InChI=1S/4C3H7.2CH3.2CH.2V.2W.2Y/c4*1-3-2;;;;;;;;;;/h4*3H,1-2H3;2*1H3;2*1H;;;;;;/q8*-1;2*+2;;;;. The molecule has 0 amide bonds. The molecule has 0 aliphatic carbocycles. The quantitative estimate of drug-likeness (QED) is 0.283. The van der Waals surface area contributed by atoms with E-state index in [0.717, 1.165) is 38.7 Å². The zero-order chi connectivity index (χ0) is 14.8. The van der Waals surface area contributed by atoms with Crippen molar-refractivity contribution in [2.24, 2.45) is 0 Å². The average Bonchev–Trinajstić information content (AvgIpc) is 2.27. The molecule has 0 aromatic rings. The Morgan fingerprint density at radius 3 is 0.455 bits per heavy atom. The van der Waals surface area contributed by atoms with Gasteiger partial charge in [-0.15, -0.1) is 0 Å². The molecular weight excluding hydrogens is 840 g/mol. The third-order valence-corrected chi connectivity index (χ3v) is 0. The maximum atomic E-state index is 4.58. The Balaban J connectivity index is -0.00000000521. The average molecular weight is 876 g/mol. The van der Waals surface area contributed by atoms with Crippen molar-refractivity contribution < 1.29 is 141 Å². The Hall–Kier alpha value is 4.49. The van der Waals surface area contributed by atoms with Crippen LogP contribution in [0, 0.1) is 40.5 Å². The molecule has 22 heavy (non-hydrogen) atoms. The van der Waals surface area contributed by atoms with Crippen LogP contribution in [0.5, 0.6) is 0 Å². The van der Waals surface area contributed by atoms with E-state index in [4.69, 9.17) is 0 Å². The topological polar surface area (TPSA) is 0 Å². The van der Waals surface area contributed by atoms with E-state index < -0.39 is 0 Å². The molecule has 0 aromatic heterocycles. The van der Waals surface area contributed by atoms with Crippen LogP contribution in [0.15, 0.2) is 0 Å². The van der Waals surface area contributed by atoms with Gasteiger partial charge in [0, 0.05) is 65.4 Å². The molecule has 132 valence electrons. The summed E-state index contributed by atoms with van der Waals surface area (Å²) in [4.78, 5) is 9.17. The van der Waals surface area contributed by atoms with Crippen molar-refractivity contribution in [3.05, 3.63) is 40.5 Å². The summed E-state index contributed by atoms with van der Waals surface area (Å²) in [5, 5.41) is 0. The summed E-state index contributed by atoms with van der Waals surface area (Å²) in [7, 11) is 0. The van der Waals surface area contributed by atoms with Gasteiger partial charge in [0.25, 0.3) is 0 Å². The molecule has 0 rings (SSSR count). The van der Waals surface area contributed by atoms with Crippen molar-refractivity contribution in [3.63, 3.8) is 0 Å². The van der Waals surface area contributed by atoms with Crippen LogP contribution >= 0.6 is 0 Å². The molecule has 0 saturated carbocycles. The van der Waals surface area contributed by atoms with Crippen molar-refractivity contribution >= 4 is 9.81 Å². The van der Waals surface area contributed by atoms with Gasteiger partial charge in [-0.25, -0.2) is 0 Å². The third-order valence-electron chi connectivity index (χ3n) is 0. The van der Waals surface area contributed by atoms with E-state index in [-0.39, 0.29) is 117 Å². The molecule has 0 saturated heterocycles. The normalized spacial score (nSPS) is 3.64. The number of hydrogen-bond acceptors (Lipinski definition) is 0. The fourth-order valence-electron chi connectivity index (χ4n) is 0. The predicted molar refractivity (Wildman–Crippen MR) is 87.5 cm³/mol. The van der Waals surface area contributed by atoms with Crippen LogP contribution in [0.1, 0.15) is 55.4 Å². The monoisotopic (exact) mass is 876 g/mol. The van der Waals surface area contributed by atoms with Gasteiger partial charge in [0.1, 0.15) is 0 Å². The molecule has 0 heterocycles. The molecule has 0 aliphatic rings. The van der Waals surface area contributed by atoms with E-state index in [9.17, 15) is 0 Å². The Labute approximate surface area is 242 Å². The Morgan fingerprint density at radius 2 is 0.455 bits per heavy atom. The molecular formula is C16H36V2W2Y2-4. The van der Waals surface area contributed by atoms with Gasteiger partial charge < -0.3 is 40.5 Å². The van der Waals surface area contributed by atoms with Crippen molar-refractivity contribution in [2.45, 2.75) is 55.4 Å². The molecule has 0 N–H and O–H groups in total. The van der Waals surface area contributed by atoms with Crippen molar-refractivity contribution in [1.82, 2.24) is 0 Å². The first-order valence-corrected chi connectivity index (χ1v) is 8.48. The maximum Gasteiger partial charge on any atom is 2.00 e. The molecule has 0 aliphatic heterocycles. The van der Waals surface area contributed by atoms with Crippen LogP contribution < -0.4 is 0 Å². The van der Waals surface area contributed by atoms with Crippen LogP contribution in [0.3, 0.4) is 0 Å². The van der Waals surface area contributed by atoms with E-state index in [1.807, 2.05) is 81.1 Å². The summed E-state index contributed by atoms with van der Waals surface area (Å²) in [5.74, 6) is 0. The van der Waals surface area contributed by atoms with E-state index in [1.165, 1.54) is 0 Å². The van der Waals surface area contributed by atoms with E-state index in [1.54, 1.807) is 0 Å². The molecule has 4 radical (unpaired) electrons. The molecule has 0 atom stereocenters. The van der Waals surface area contributed by atoms with Gasteiger partial charge in [-0.2, -0.15) is 55.4 Å². The third kappa shape index (κ3) is 670. The molecule has 0 fully saturated rings. The first-order chi connectivity index (χ1) is 7.66. The van der Waals surface area contributed by atoms with Crippen molar-refractivity contribution in [3.8, 4) is 0 Å². The van der Waals surface area contributed by atoms with Crippen LogP contribution in [-0.4, -0.2) is 9.81 Å². The van der Waals surface area contributed by atoms with Crippen molar-refractivity contribution in [1.29, 1.82) is 0 Å². The minimum absolute atomic E-state index is 0. The summed E-state index contributed by atoms with van der Waals surface area (Å²) in [6.07, 6.45) is 8.00. The fourth-order valence-corrected chi connectivity index (χ4v) is 0. The first-order valence-electron chi connectivity index (χ1n) is 5.09. The van der Waals surface area contributed by atoms with Gasteiger partial charge in [0.15, 0.2) is 0 Å². The van der Waals surface area contributed by atoms with Crippen LogP contribution in [0.25, 0.3) is 0 Å². The van der Waals surface area contributed by atoms with E-state index >= 15 is 0 Å². The molecule has 0 aromatic carbocycles. The fraction of sp³-hybridized carbons (Fsp3) is 0.500. The molecule has 0 spiro atoms. The maximum absolute atomic E-state index is 4.58. The largest absolute Gasteiger partial charge is 2.00 e. The van der Waals surface area contributed by atoms with Gasteiger partial charge in [0.2, 0.25) is 0 Å². The second kappa shape index (κ2) is 212. The molecule has 0 bridgehead atoms. The number of hydrogen-bond donors (Lipinski definition) is 0. The van der Waals surface area contributed by atoms with Gasteiger partial charge in [-0.05, 0) is 0 Å². The SMILES string of the molecule is C[CH-]C.C[CH-]C.C[CH-]C.C[CH-]C.[CH-]=[W].[CH-]=[W].[CH3-].[CH3-].[V+2].[V+2].[Y].[Y]. The summed E-state index contributed by atoms with van der Waals surface area (Å²) in [5.41, 5.74) is 0.